The fraction of sp³-hybridized carbons (Fsp3) is 0.676. The molecule has 2 N–H and O–H groups in total. The van der Waals surface area contributed by atoms with Gasteiger partial charge in [0.25, 0.3) is 0 Å². The van der Waals surface area contributed by atoms with Gasteiger partial charge in [-0.3, -0.25) is 0 Å². The number of hydrogen-bond acceptors (Lipinski definition) is 4. The molecule has 4 rings (SSSR count). The van der Waals surface area contributed by atoms with Crippen molar-refractivity contribution in [2.75, 3.05) is 13.2 Å². The molecule has 4 nitrogen and oxygen atoms in total. The Kier molecular flexibility index (Phi) is 10.2. The van der Waals surface area contributed by atoms with Crippen LogP contribution in [-0.2, 0) is 16.2 Å². The second kappa shape index (κ2) is 13.3. The topological polar surface area (TPSA) is 58.9 Å². The van der Waals surface area contributed by atoms with Crippen LogP contribution in [0.25, 0.3) is 0 Å². The molecule has 0 bridgehead atoms. The van der Waals surface area contributed by atoms with E-state index in [0.717, 1.165) is 25.7 Å². The van der Waals surface area contributed by atoms with E-state index in [2.05, 4.69) is 53.7 Å². The molecule has 0 aromatic heterocycles. The molecule has 2 aromatic carbocycles. The van der Waals surface area contributed by atoms with Gasteiger partial charge < -0.3 is 19.7 Å². The minimum Gasteiger partial charge on any atom is -0.504 e. The highest BCUT2D eigenvalue weighted by atomic mass is 16.5. The summed E-state index contributed by atoms with van der Waals surface area (Å²) in [5.41, 5.74) is 4.43. The lowest BCUT2D eigenvalue weighted by molar-refractivity contribution is 0.288. The van der Waals surface area contributed by atoms with Crippen LogP contribution in [0.3, 0.4) is 0 Å². The van der Waals surface area contributed by atoms with Crippen molar-refractivity contribution < 1.29 is 19.7 Å². The minimum atomic E-state index is -0.262. The van der Waals surface area contributed by atoms with E-state index in [1.165, 1.54) is 86.5 Å². The van der Waals surface area contributed by atoms with Crippen LogP contribution in [0, 0.1) is 0 Å². The Hall–Kier alpha value is -2.36. The Bertz CT molecular complexity index is 1070. The largest absolute Gasteiger partial charge is 0.504 e. The highest BCUT2D eigenvalue weighted by Crippen LogP contribution is 2.64. The molecule has 0 fully saturated rings. The summed E-state index contributed by atoms with van der Waals surface area (Å²) in [5.74, 6) is 1.64. The second-order valence-corrected chi connectivity index (χ2v) is 14.2. The maximum absolute atomic E-state index is 11.1. The van der Waals surface area contributed by atoms with E-state index < -0.39 is 0 Å². The molecule has 2 aliphatic carbocycles. The monoisotopic (exact) mass is 564 g/mol. The summed E-state index contributed by atoms with van der Waals surface area (Å²) in [6, 6.07) is 8.12. The third-order valence-corrected chi connectivity index (χ3v) is 9.69. The lowest BCUT2D eigenvalue weighted by Crippen LogP contribution is -2.26. The normalized spacial score (nSPS) is 17.5. The Morgan fingerprint density at radius 3 is 1.29 bits per heavy atom. The maximum Gasteiger partial charge on any atom is 0.161 e. The molecule has 0 aliphatic heterocycles. The van der Waals surface area contributed by atoms with Crippen molar-refractivity contribution >= 4 is 0 Å². The Morgan fingerprint density at radius 2 is 0.902 bits per heavy atom. The third kappa shape index (κ3) is 6.83. The molecule has 0 atom stereocenters. The van der Waals surface area contributed by atoms with Gasteiger partial charge in [-0.2, -0.15) is 0 Å². The first-order valence-corrected chi connectivity index (χ1v) is 16.6. The molecule has 1 spiro atoms. The summed E-state index contributed by atoms with van der Waals surface area (Å²) in [6.07, 6.45) is 16.4. The van der Waals surface area contributed by atoms with E-state index in [4.69, 9.17) is 9.47 Å². The second-order valence-electron chi connectivity index (χ2n) is 14.2. The first-order chi connectivity index (χ1) is 19.6. The van der Waals surface area contributed by atoms with Crippen LogP contribution in [0.4, 0.5) is 0 Å². The third-order valence-electron chi connectivity index (χ3n) is 9.69. The minimum absolute atomic E-state index is 0.0818. The SMILES string of the molecule is CCCCCCCCOc1cc2c(cc1O)C1(CC2(C)C)CC(C)(C)c2cc(OCCCCCCCC)c(O)cc21. The van der Waals surface area contributed by atoms with Gasteiger partial charge in [0.05, 0.1) is 13.2 Å². The van der Waals surface area contributed by atoms with Gasteiger partial charge >= 0.3 is 0 Å². The molecule has 2 aromatic rings. The zero-order valence-corrected chi connectivity index (χ0v) is 26.8. The van der Waals surface area contributed by atoms with Gasteiger partial charge in [0.15, 0.2) is 23.0 Å². The molecule has 0 saturated carbocycles. The van der Waals surface area contributed by atoms with E-state index in [-0.39, 0.29) is 27.7 Å². The summed E-state index contributed by atoms with van der Waals surface area (Å²) < 4.78 is 12.3. The van der Waals surface area contributed by atoms with Gasteiger partial charge in [0, 0.05) is 5.41 Å². The summed E-state index contributed by atoms with van der Waals surface area (Å²) in [6.45, 7) is 15.0. The van der Waals surface area contributed by atoms with Crippen molar-refractivity contribution in [1.82, 2.24) is 0 Å². The lowest BCUT2D eigenvalue weighted by atomic mass is 9.72. The number of aromatic hydroxyl groups is 2. The molecule has 0 heterocycles. The van der Waals surface area contributed by atoms with E-state index in [9.17, 15) is 10.2 Å². The molecule has 0 unspecified atom stereocenters. The molecule has 228 valence electrons. The average Bonchev–Trinajstić information content (AvgIpc) is 3.26. The van der Waals surface area contributed by atoms with Crippen LogP contribution >= 0.6 is 0 Å². The number of unbranched alkanes of at least 4 members (excludes halogenated alkanes) is 10. The summed E-state index contributed by atoms with van der Waals surface area (Å²) in [4.78, 5) is 0. The molecule has 2 aliphatic rings. The quantitative estimate of drug-likeness (QED) is 0.199. The average molecular weight is 565 g/mol. The number of hydrogen-bond donors (Lipinski definition) is 2. The van der Waals surface area contributed by atoms with Crippen molar-refractivity contribution in [1.29, 1.82) is 0 Å². The fourth-order valence-electron chi connectivity index (χ4n) is 7.70. The first-order valence-electron chi connectivity index (χ1n) is 16.6. The Morgan fingerprint density at radius 1 is 0.537 bits per heavy atom. The van der Waals surface area contributed by atoms with Gasteiger partial charge in [-0.25, -0.2) is 0 Å². The molecular weight excluding hydrogens is 508 g/mol. The van der Waals surface area contributed by atoms with Gasteiger partial charge in [0.1, 0.15) is 0 Å². The van der Waals surface area contributed by atoms with Crippen LogP contribution < -0.4 is 9.47 Å². The summed E-state index contributed by atoms with van der Waals surface area (Å²) >= 11 is 0. The lowest BCUT2D eigenvalue weighted by Gasteiger charge is -2.30. The van der Waals surface area contributed by atoms with Crippen LogP contribution in [0.15, 0.2) is 24.3 Å². The number of phenolic OH excluding ortho intramolecular Hbond substituents is 2. The van der Waals surface area contributed by atoms with Crippen molar-refractivity contribution in [3.05, 3.63) is 46.5 Å². The maximum atomic E-state index is 11.1. The highest BCUT2D eigenvalue weighted by Gasteiger charge is 2.57. The number of rotatable bonds is 16. The van der Waals surface area contributed by atoms with Crippen LogP contribution in [-0.4, -0.2) is 23.4 Å². The molecule has 0 saturated heterocycles. The molecule has 4 heteroatoms. The highest BCUT2D eigenvalue weighted by molar-refractivity contribution is 5.65. The predicted octanol–water partition coefficient (Wildman–Crippen LogP) is 10.2. The number of ether oxygens (including phenoxy) is 2. The van der Waals surface area contributed by atoms with Crippen molar-refractivity contribution in [2.24, 2.45) is 0 Å². The van der Waals surface area contributed by atoms with E-state index in [1.807, 2.05) is 12.1 Å². The summed E-state index contributed by atoms with van der Waals surface area (Å²) in [5, 5.41) is 22.3. The van der Waals surface area contributed by atoms with Gasteiger partial charge in [-0.1, -0.05) is 106 Å². The van der Waals surface area contributed by atoms with Crippen LogP contribution in [0.5, 0.6) is 23.0 Å². The number of benzene rings is 2. The number of phenols is 2. The summed E-state index contributed by atoms with van der Waals surface area (Å²) in [7, 11) is 0. The Balaban J connectivity index is 1.54. The molecule has 0 radical (unpaired) electrons. The van der Waals surface area contributed by atoms with E-state index in [0.29, 0.717) is 24.7 Å². The fourth-order valence-corrected chi connectivity index (χ4v) is 7.70. The Labute approximate surface area is 249 Å². The standard InChI is InChI=1S/C37H56O4/c1-7-9-11-13-15-17-19-40-33-23-27-29(21-31(33)38)37(25-35(27,3)4)26-36(5,6)28-24-34(32(39)22-30(28)37)41-20-18-16-14-12-10-8-2/h21-24,38-39H,7-20,25-26H2,1-6H3. The smallest absolute Gasteiger partial charge is 0.161 e. The molecule has 0 amide bonds. The number of fused-ring (bicyclic) bond motifs is 4. The van der Waals surface area contributed by atoms with Crippen molar-refractivity contribution in [3.63, 3.8) is 0 Å². The zero-order valence-electron chi connectivity index (χ0n) is 26.8. The predicted molar refractivity (Wildman–Crippen MR) is 170 cm³/mol. The van der Waals surface area contributed by atoms with Gasteiger partial charge in [0.2, 0.25) is 0 Å². The molecular formula is C37H56O4. The van der Waals surface area contributed by atoms with Crippen LogP contribution in [0.1, 0.15) is 154 Å². The van der Waals surface area contributed by atoms with E-state index >= 15 is 0 Å². The zero-order chi connectivity index (χ0) is 29.7. The van der Waals surface area contributed by atoms with Crippen molar-refractivity contribution in [3.8, 4) is 23.0 Å². The van der Waals surface area contributed by atoms with Crippen LogP contribution in [0.2, 0.25) is 0 Å². The first kappa shape index (κ1) is 31.6. The van der Waals surface area contributed by atoms with Gasteiger partial charge in [-0.05, 0) is 83.0 Å². The van der Waals surface area contributed by atoms with E-state index in [1.54, 1.807) is 0 Å². The molecule has 41 heavy (non-hydrogen) atoms. The van der Waals surface area contributed by atoms with Gasteiger partial charge in [-0.15, -0.1) is 0 Å². The van der Waals surface area contributed by atoms with Crippen molar-refractivity contribution in [2.45, 2.75) is 148 Å².